The van der Waals surface area contributed by atoms with Crippen molar-refractivity contribution in [1.82, 2.24) is 9.97 Å². The van der Waals surface area contributed by atoms with Crippen molar-refractivity contribution in [2.45, 2.75) is 6.42 Å². The summed E-state index contributed by atoms with van der Waals surface area (Å²) in [4.78, 5) is 18.1. The minimum Gasteiger partial charge on any atom is -0.481 e. The van der Waals surface area contributed by atoms with Crippen molar-refractivity contribution >= 4 is 11.5 Å². The molecule has 0 aliphatic heterocycles. The largest absolute Gasteiger partial charge is 0.481 e. The van der Waals surface area contributed by atoms with Gasteiger partial charge in [-0.15, -0.1) is 0 Å². The molecule has 0 radical (unpaired) electrons. The van der Waals surface area contributed by atoms with Crippen molar-refractivity contribution in [3.05, 3.63) is 52.3 Å². The summed E-state index contributed by atoms with van der Waals surface area (Å²) >= 11 is 0. The molecule has 0 aliphatic rings. The Morgan fingerprint density at radius 2 is 2.05 bits per heavy atom. The van der Waals surface area contributed by atoms with E-state index in [1.54, 1.807) is 25.3 Å². The highest BCUT2D eigenvalue weighted by atomic mass is 16.6. The highest BCUT2D eigenvalue weighted by Gasteiger charge is 2.04. The lowest BCUT2D eigenvalue weighted by molar-refractivity contribution is -0.384. The maximum absolute atomic E-state index is 10.5. The van der Waals surface area contributed by atoms with Crippen LogP contribution in [0.2, 0.25) is 0 Å². The van der Waals surface area contributed by atoms with E-state index in [1.807, 2.05) is 0 Å². The van der Waals surface area contributed by atoms with E-state index in [-0.39, 0.29) is 5.69 Å². The van der Waals surface area contributed by atoms with E-state index in [1.165, 1.54) is 18.5 Å². The molecular formula is C13H14N4O3. The zero-order valence-corrected chi connectivity index (χ0v) is 10.9. The third-order valence-corrected chi connectivity index (χ3v) is 2.72. The van der Waals surface area contributed by atoms with Crippen LogP contribution in [0, 0.1) is 10.1 Å². The van der Waals surface area contributed by atoms with Crippen LogP contribution in [0.25, 0.3) is 0 Å². The van der Waals surface area contributed by atoms with Crippen molar-refractivity contribution in [2.24, 2.45) is 0 Å². The SMILES string of the molecule is COc1cc(NCCc2ccc([N+](=O)[O-])cc2)ncn1. The van der Waals surface area contributed by atoms with Crippen LogP contribution in [0.1, 0.15) is 5.56 Å². The van der Waals surface area contributed by atoms with E-state index in [2.05, 4.69) is 15.3 Å². The molecule has 0 saturated carbocycles. The molecule has 2 aromatic rings. The summed E-state index contributed by atoms with van der Waals surface area (Å²) in [7, 11) is 1.54. The number of nitrogens with zero attached hydrogens (tertiary/aromatic N) is 3. The molecule has 2 rings (SSSR count). The third kappa shape index (κ3) is 3.64. The topological polar surface area (TPSA) is 90.2 Å². The fraction of sp³-hybridized carbons (Fsp3) is 0.231. The molecule has 0 bridgehead atoms. The fourth-order valence-corrected chi connectivity index (χ4v) is 1.67. The number of anilines is 1. The van der Waals surface area contributed by atoms with Gasteiger partial charge in [0.25, 0.3) is 5.69 Å². The summed E-state index contributed by atoms with van der Waals surface area (Å²) < 4.78 is 5.00. The number of rotatable bonds is 6. The molecule has 0 spiro atoms. The second kappa shape index (κ2) is 6.46. The number of nitro benzene ring substituents is 1. The molecule has 7 heteroatoms. The van der Waals surface area contributed by atoms with Crippen molar-refractivity contribution in [1.29, 1.82) is 0 Å². The molecule has 0 amide bonds. The lowest BCUT2D eigenvalue weighted by Gasteiger charge is -2.06. The van der Waals surface area contributed by atoms with Crippen molar-refractivity contribution < 1.29 is 9.66 Å². The van der Waals surface area contributed by atoms with Crippen LogP contribution in [-0.4, -0.2) is 28.5 Å². The highest BCUT2D eigenvalue weighted by Crippen LogP contribution is 2.13. The molecule has 1 N–H and O–H groups in total. The Morgan fingerprint density at radius 3 is 2.70 bits per heavy atom. The summed E-state index contributed by atoms with van der Waals surface area (Å²) in [5, 5.41) is 13.7. The Bertz CT molecular complexity index is 586. The first-order chi connectivity index (χ1) is 9.69. The Balaban J connectivity index is 1.87. The van der Waals surface area contributed by atoms with Gasteiger partial charge in [-0.05, 0) is 12.0 Å². The average molecular weight is 274 g/mol. The third-order valence-electron chi connectivity index (χ3n) is 2.72. The molecule has 0 saturated heterocycles. The molecule has 20 heavy (non-hydrogen) atoms. The number of benzene rings is 1. The molecule has 104 valence electrons. The predicted molar refractivity (Wildman–Crippen MR) is 73.9 cm³/mol. The average Bonchev–Trinajstić information content (AvgIpc) is 2.48. The van der Waals surface area contributed by atoms with Gasteiger partial charge in [-0.25, -0.2) is 9.97 Å². The second-order valence-electron chi connectivity index (χ2n) is 4.05. The van der Waals surface area contributed by atoms with E-state index in [0.29, 0.717) is 18.2 Å². The number of hydrogen-bond donors (Lipinski definition) is 1. The van der Waals surface area contributed by atoms with E-state index >= 15 is 0 Å². The summed E-state index contributed by atoms with van der Waals surface area (Å²) in [5.74, 6) is 1.18. The first kappa shape index (κ1) is 13.7. The monoisotopic (exact) mass is 274 g/mol. The van der Waals surface area contributed by atoms with Gasteiger partial charge in [0.2, 0.25) is 5.88 Å². The number of non-ortho nitro benzene ring substituents is 1. The number of nitrogens with one attached hydrogen (secondary N) is 1. The maximum atomic E-state index is 10.5. The highest BCUT2D eigenvalue weighted by molar-refractivity contribution is 5.38. The lowest BCUT2D eigenvalue weighted by Crippen LogP contribution is -2.06. The molecule has 1 aromatic heterocycles. The first-order valence-electron chi connectivity index (χ1n) is 6.02. The van der Waals surface area contributed by atoms with E-state index in [4.69, 9.17) is 4.74 Å². The molecule has 0 fully saturated rings. The maximum Gasteiger partial charge on any atom is 0.269 e. The first-order valence-corrected chi connectivity index (χ1v) is 6.02. The van der Waals surface area contributed by atoms with Gasteiger partial charge in [-0.3, -0.25) is 10.1 Å². The van der Waals surface area contributed by atoms with Gasteiger partial charge < -0.3 is 10.1 Å². The standard InChI is InChI=1S/C13H14N4O3/c1-20-13-8-12(15-9-16-13)14-7-6-10-2-4-11(5-3-10)17(18)19/h2-5,8-9H,6-7H2,1H3,(H,14,15,16). The number of methoxy groups -OCH3 is 1. The molecular weight excluding hydrogens is 260 g/mol. The fourth-order valence-electron chi connectivity index (χ4n) is 1.67. The zero-order chi connectivity index (χ0) is 14.4. The minimum atomic E-state index is -0.408. The summed E-state index contributed by atoms with van der Waals surface area (Å²) in [6.07, 6.45) is 2.16. The molecule has 0 aliphatic carbocycles. The van der Waals surface area contributed by atoms with Crippen molar-refractivity contribution in [3.63, 3.8) is 0 Å². The molecule has 1 heterocycles. The molecule has 1 aromatic carbocycles. The minimum absolute atomic E-state index is 0.0993. The van der Waals surface area contributed by atoms with Crippen molar-refractivity contribution in [2.75, 3.05) is 19.0 Å². The normalized spacial score (nSPS) is 10.1. The number of hydrogen-bond acceptors (Lipinski definition) is 6. The van der Waals surface area contributed by atoms with Gasteiger partial charge in [0, 0.05) is 24.7 Å². The summed E-state index contributed by atoms with van der Waals surface area (Å²) in [5.41, 5.74) is 1.12. The van der Waals surface area contributed by atoms with Crippen LogP contribution in [-0.2, 0) is 6.42 Å². The number of ether oxygens (including phenoxy) is 1. The summed E-state index contributed by atoms with van der Waals surface area (Å²) in [6.45, 7) is 0.665. The van der Waals surface area contributed by atoms with Crippen LogP contribution in [0.3, 0.4) is 0 Å². The lowest BCUT2D eigenvalue weighted by atomic mass is 10.1. The Labute approximate surface area is 115 Å². The van der Waals surface area contributed by atoms with Gasteiger partial charge >= 0.3 is 0 Å². The Hall–Kier alpha value is -2.70. The van der Waals surface area contributed by atoms with Gasteiger partial charge in [0.05, 0.1) is 12.0 Å². The van der Waals surface area contributed by atoms with Crippen molar-refractivity contribution in [3.8, 4) is 5.88 Å². The van der Waals surface area contributed by atoms with Crippen LogP contribution in [0.5, 0.6) is 5.88 Å². The van der Waals surface area contributed by atoms with E-state index in [9.17, 15) is 10.1 Å². The van der Waals surface area contributed by atoms with Gasteiger partial charge in [0.15, 0.2) is 0 Å². The number of nitro groups is 1. The Kier molecular flexibility index (Phi) is 4.43. The van der Waals surface area contributed by atoms with Crippen LogP contribution in [0.4, 0.5) is 11.5 Å². The zero-order valence-electron chi connectivity index (χ0n) is 10.9. The van der Waals surface area contributed by atoms with Gasteiger partial charge in [-0.1, -0.05) is 12.1 Å². The quantitative estimate of drug-likeness (QED) is 0.640. The van der Waals surface area contributed by atoms with Gasteiger partial charge in [-0.2, -0.15) is 0 Å². The van der Waals surface area contributed by atoms with E-state index in [0.717, 1.165) is 12.0 Å². The summed E-state index contributed by atoms with van der Waals surface area (Å²) in [6, 6.07) is 8.21. The molecule has 7 nitrogen and oxygen atoms in total. The van der Waals surface area contributed by atoms with Crippen LogP contribution in [0.15, 0.2) is 36.7 Å². The van der Waals surface area contributed by atoms with Crippen LogP contribution < -0.4 is 10.1 Å². The van der Waals surface area contributed by atoms with E-state index < -0.39 is 4.92 Å². The Morgan fingerprint density at radius 1 is 1.30 bits per heavy atom. The van der Waals surface area contributed by atoms with Gasteiger partial charge in [0.1, 0.15) is 12.1 Å². The molecule has 0 atom stereocenters. The smallest absolute Gasteiger partial charge is 0.269 e. The second-order valence-corrected chi connectivity index (χ2v) is 4.05. The predicted octanol–water partition coefficient (Wildman–Crippen LogP) is 2.05. The molecule has 0 unspecified atom stereocenters. The van der Waals surface area contributed by atoms with Crippen LogP contribution >= 0.6 is 0 Å². The number of aromatic nitrogens is 2.